The maximum absolute atomic E-state index is 5.79. The Balaban J connectivity index is 2.57. The molecule has 0 aromatic rings. The molecule has 12 heavy (non-hydrogen) atoms. The number of allylic oxidation sites excluding steroid dienone is 1. The Morgan fingerprint density at radius 2 is 2.25 bits per heavy atom. The molecule has 3 atom stereocenters. The molecule has 1 fully saturated rings. The molecule has 0 aromatic carbocycles. The smallest absolute Gasteiger partial charge is 0.00419 e. The minimum absolute atomic E-state index is 0.611. The molecule has 1 aliphatic carbocycles. The molecule has 0 bridgehead atoms. The van der Waals surface area contributed by atoms with E-state index >= 15 is 0 Å². The van der Waals surface area contributed by atoms with E-state index in [1.54, 1.807) is 0 Å². The van der Waals surface area contributed by atoms with Gasteiger partial charge in [0, 0.05) is 11.6 Å². The standard InChI is InChI=1S/C11H21N/c1-4-8(2)10-6-5-7-11(10)9(3)12/h8,10-11H,3-7,12H2,1-2H3. The van der Waals surface area contributed by atoms with E-state index in [1.807, 2.05) is 0 Å². The number of hydrogen-bond donors (Lipinski definition) is 1. The van der Waals surface area contributed by atoms with Crippen LogP contribution in [0.2, 0.25) is 0 Å². The summed E-state index contributed by atoms with van der Waals surface area (Å²) in [7, 11) is 0. The van der Waals surface area contributed by atoms with E-state index in [2.05, 4.69) is 20.4 Å². The van der Waals surface area contributed by atoms with Gasteiger partial charge < -0.3 is 5.73 Å². The Morgan fingerprint density at radius 3 is 2.75 bits per heavy atom. The second-order valence-electron chi connectivity index (χ2n) is 4.16. The molecule has 0 saturated heterocycles. The van der Waals surface area contributed by atoms with Crippen LogP contribution in [-0.2, 0) is 0 Å². The average Bonchev–Trinajstić information content (AvgIpc) is 2.50. The third-order valence-electron chi connectivity index (χ3n) is 3.42. The molecule has 1 heteroatoms. The summed E-state index contributed by atoms with van der Waals surface area (Å²) < 4.78 is 0. The average molecular weight is 167 g/mol. The van der Waals surface area contributed by atoms with Gasteiger partial charge >= 0.3 is 0 Å². The quantitative estimate of drug-likeness (QED) is 0.687. The summed E-state index contributed by atoms with van der Waals surface area (Å²) in [5.41, 5.74) is 6.70. The Morgan fingerprint density at radius 1 is 1.58 bits per heavy atom. The fourth-order valence-corrected chi connectivity index (χ4v) is 2.43. The molecule has 2 N–H and O–H groups in total. The van der Waals surface area contributed by atoms with Crippen LogP contribution in [-0.4, -0.2) is 0 Å². The Hall–Kier alpha value is -0.460. The first-order chi connectivity index (χ1) is 5.66. The van der Waals surface area contributed by atoms with Crippen molar-refractivity contribution in [2.45, 2.75) is 39.5 Å². The van der Waals surface area contributed by atoms with Crippen molar-refractivity contribution in [3.8, 4) is 0 Å². The van der Waals surface area contributed by atoms with Crippen LogP contribution < -0.4 is 5.73 Å². The third-order valence-corrected chi connectivity index (χ3v) is 3.42. The molecular formula is C11H21N. The van der Waals surface area contributed by atoms with Gasteiger partial charge in [-0.1, -0.05) is 33.3 Å². The van der Waals surface area contributed by atoms with Crippen LogP contribution >= 0.6 is 0 Å². The van der Waals surface area contributed by atoms with Gasteiger partial charge in [0.25, 0.3) is 0 Å². The van der Waals surface area contributed by atoms with Crippen molar-refractivity contribution in [3.05, 3.63) is 12.3 Å². The van der Waals surface area contributed by atoms with Gasteiger partial charge in [0.15, 0.2) is 0 Å². The molecule has 1 nitrogen and oxygen atoms in total. The highest BCUT2D eigenvalue weighted by Crippen LogP contribution is 2.40. The minimum atomic E-state index is 0.611. The lowest BCUT2D eigenvalue weighted by molar-refractivity contribution is 0.298. The maximum atomic E-state index is 5.79. The fraction of sp³-hybridized carbons (Fsp3) is 0.818. The zero-order chi connectivity index (χ0) is 9.14. The van der Waals surface area contributed by atoms with Crippen LogP contribution in [0.5, 0.6) is 0 Å². The van der Waals surface area contributed by atoms with Gasteiger partial charge in [-0.05, 0) is 24.7 Å². The van der Waals surface area contributed by atoms with Crippen LogP contribution in [0.4, 0.5) is 0 Å². The van der Waals surface area contributed by atoms with E-state index in [9.17, 15) is 0 Å². The normalized spacial score (nSPS) is 31.8. The highest BCUT2D eigenvalue weighted by molar-refractivity contribution is 5.01. The van der Waals surface area contributed by atoms with Crippen LogP contribution in [0, 0.1) is 17.8 Å². The molecule has 0 aliphatic heterocycles. The van der Waals surface area contributed by atoms with Crippen LogP contribution in [0.25, 0.3) is 0 Å². The van der Waals surface area contributed by atoms with E-state index in [1.165, 1.54) is 25.7 Å². The summed E-state index contributed by atoms with van der Waals surface area (Å²) >= 11 is 0. The van der Waals surface area contributed by atoms with Gasteiger partial charge in [0.2, 0.25) is 0 Å². The van der Waals surface area contributed by atoms with E-state index in [0.29, 0.717) is 5.92 Å². The van der Waals surface area contributed by atoms with Gasteiger partial charge in [-0.15, -0.1) is 0 Å². The molecule has 0 radical (unpaired) electrons. The molecule has 3 unspecified atom stereocenters. The number of hydrogen-bond acceptors (Lipinski definition) is 1. The monoisotopic (exact) mass is 167 g/mol. The first-order valence-corrected chi connectivity index (χ1v) is 5.11. The Bertz CT molecular complexity index is 162. The largest absolute Gasteiger partial charge is 0.402 e. The van der Waals surface area contributed by atoms with Crippen LogP contribution in [0.1, 0.15) is 39.5 Å². The number of nitrogens with two attached hydrogens (primary N) is 1. The molecule has 0 heterocycles. The molecule has 1 saturated carbocycles. The lowest BCUT2D eigenvalue weighted by Crippen LogP contribution is -2.20. The third kappa shape index (κ3) is 1.82. The van der Waals surface area contributed by atoms with Crippen molar-refractivity contribution in [2.75, 3.05) is 0 Å². The van der Waals surface area contributed by atoms with E-state index in [4.69, 9.17) is 5.73 Å². The Kier molecular flexibility index (Phi) is 3.19. The Labute approximate surface area is 76.0 Å². The van der Waals surface area contributed by atoms with Gasteiger partial charge in [-0.3, -0.25) is 0 Å². The molecule has 0 aromatic heterocycles. The summed E-state index contributed by atoms with van der Waals surface area (Å²) in [4.78, 5) is 0. The summed E-state index contributed by atoms with van der Waals surface area (Å²) in [5.74, 6) is 2.24. The van der Waals surface area contributed by atoms with Gasteiger partial charge in [-0.25, -0.2) is 0 Å². The van der Waals surface area contributed by atoms with Crippen molar-refractivity contribution in [1.82, 2.24) is 0 Å². The first-order valence-electron chi connectivity index (χ1n) is 5.11. The predicted molar refractivity (Wildman–Crippen MR) is 53.6 cm³/mol. The first kappa shape index (κ1) is 9.63. The predicted octanol–water partition coefficient (Wildman–Crippen LogP) is 2.92. The van der Waals surface area contributed by atoms with Gasteiger partial charge in [0.1, 0.15) is 0 Å². The second-order valence-corrected chi connectivity index (χ2v) is 4.16. The zero-order valence-electron chi connectivity index (χ0n) is 8.34. The summed E-state index contributed by atoms with van der Waals surface area (Å²) in [6, 6.07) is 0. The fourth-order valence-electron chi connectivity index (χ4n) is 2.43. The molecule has 70 valence electrons. The molecular weight excluding hydrogens is 146 g/mol. The second kappa shape index (κ2) is 3.97. The van der Waals surface area contributed by atoms with Crippen molar-refractivity contribution >= 4 is 0 Å². The highest BCUT2D eigenvalue weighted by Gasteiger charge is 2.31. The lowest BCUT2D eigenvalue weighted by Gasteiger charge is -2.24. The molecule has 0 spiro atoms. The van der Waals surface area contributed by atoms with Gasteiger partial charge in [0.05, 0.1) is 0 Å². The van der Waals surface area contributed by atoms with E-state index in [0.717, 1.165) is 17.5 Å². The molecule has 1 rings (SSSR count). The van der Waals surface area contributed by atoms with Crippen LogP contribution in [0.15, 0.2) is 12.3 Å². The summed E-state index contributed by atoms with van der Waals surface area (Å²) in [5, 5.41) is 0. The van der Waals surface area contributed by atoms with Crippen molar-refractivity contribution in [2.24, 2.45) is 23.5 Å². The summed E-state index contributed by atoms with van der Waals surface area (Å²) in [6.45, 7) is 8.48. The number of rotatable bonds is 3. The molecule has 1 aliphatic rings. The topological polar surface area (TPSA) is 26.0 Å². The van der Waals surface area contributed by atoms with E-state index < -0.39 is 0 Å². The summed E-state index contributed by atoms with van der Waals surface area (Å²) in [6.07, 6.45) is 5.24. The van der Waals surface area contributed by atoms with Crippen molar-refractivity contribution < 1.29 is 0 Å². The van der Waals surface area contributed by atoms with Crippen LogP contribution in [0.3, 0.4) is 0 Å². The zero-order valence-corrected chi connectivity index (χ0v) is 8.34. The van der Waals surface area contributed by atoms with Crippen molar-refractivity contribution in [3.63, 3.8) is 0 Å². The minimum Gasteiger partial charge on any atom is -0.402 e. The van der Waals surface area contributed by atoms with Crippen molar-refractivity contribution in [1.29, 1.82) is 0 Å². The van der Waals surface area contributed by atoms with Gasteiger partial charge in [-0.2, -0.15) is 0 Å². The maximum Gasteiger partial charge on any atom is 0.00419 e. The van der Waals surface area contributed by atoms with E-state index in [-0.39, 0.29) is 0 Å². The molecule has 0 amide bonds. The highest BCUT2D eigenvalue weighted by atomic mass is 14.6. The lowest BCUT2D eigenvalue weighted by atomic mass is 9.82. The SMILES string of the molecule is C=C(N)C1CCCC1C(C)CC.